The van der Waals surface area contributed by atoms with E-state index in [4.69, 9.17) is 0 Å². The van der Waals surface area contributed by atoms with Crippen molar-refractivity contribution in [2.45, 2.75) is 34.2 Å². The second kappa shape index (κ2) is 10.8. The highest BCUT2D eigenvalue weighted by molar-refractivity contribution is 7.09. The Morgan fingerprint density at radius 2 is 1.86 bits per heavy atom. The van der Waals surface area contributed by atoms with E-state index in [0.29, 0.717) is 37.2 Å². The van der Waals surface area contributed by atoms with Gasteiger partial charge in [-0.3, -0.25) is 9.59 Å². The van der Waals surface area contributed by atoms with Gasteiger partial charge in [-0.25, -0.2) is 4.98 Å². The fraction of sp³-hybridized carbons (Fsp3) is 0.409. The van der Waals surface area contributed by atoms with Crippen LogP contribution in [0.1, 0.15) is 48.8 Å². The summed E-state index contributed by atoms with van der Waals surface area (Å²) >= 11 is 1.41. The van der Waals surface area contributed by atoms with Gasteiger partial charge in [0.05, 0.1) is 6.54 Å². The predicted octanol–water partition coefficient (Wildman–Crippen LogP) is 4.23. The van der Waals surface area contributed by atoms with Gasteiger partial charge in [0.25, 0.3) is 5.91 Å². The Bertz CT molecular complexity index is 797. The maximum Gasteiger partial charge on any atom is 0.270 e. The van der Waals surface area contributed by atoms with Crippen LogP contribution >= 0.6 is 11.3 Å². The Kier molecular flexibility index (Phi) is 8.39. The maximum absolute atomic E-state index is 12.7. The van der Waals surface area contributed by atoms with Crippen LogP contribution in [-0.4, -0.2) is 34.8 Å². The molecule has 0 bridgehead atoms. The number of rotatable bonds is 9. The Morgan fingerprint density at radius 1 is 1.14 bits per heavy atom. The number of carbonyl (C=O) groups excluding carboxylic acids is 2. The van der Waals surface area contributed by atoms with Crippen LogP contribution in [0.2, 0.25) is 0 Å². The van der Waals surface area contributed by atoms with Crippen LogP contribution < -0.4 is 5.32 Å². The van der Waals surface area contributed by atoms with Crippen LogP contribution in [0.25, 0.3) is 6.08 Å². The van der Waals surface area contributed by atoms with Gasteiger partial charge in [0.1, 0.15) is 10.7 Å². The summed E-state index contributed by atoms with van der Waals surface area (Å²) in [5, 5.41) is 5.39. The van der Waals surface area contributed by atoms with Gasteiger partial charge in [0, 0.05) is 24.5 Å². The largest absolute Gasteiger partial charge is 0.350 e. The Balaban J connectivity index is 2.04. The molecule has 0 spiro atoms. The molecule has 0 unspecified atom stereocenters. The lowest BCUT2D eigenvalue weighted by Crippen LogP contribution is -2.32. The van der Waals surface area contributed by atoms with Crippen LogP contribution in [-0.2, 0) is 11.3 Å². The van der Waals surface area contributed by atoms with Crippen molar-refractivity contribution in [2.24, 2.45) is 11.8 Å². The SMILES string of the molecule is CC(C)CNC(=O)c1csc(CN(CC(C)C)C(=O)C=Cc2ccccc2)n1. The molecule has 0 fully saturated rings. The first-order valence-electron chi connectivity index (χ1n) is 9.59. The van der Waals surface area contributed by atoms with Crippen molar-refractivity contribution < 1.29 is 9.59 Å². The van der Waals surface area contributed by atoms with E-state index in [0.717, 1.165) is 10.6 Å². The van der Waals surface area contributed by atoms with Crippen LogP contribution in [0, 0.1) is 11.8 Å². The van der Waals surface area contributed by atoms with Crippen LogP contribution in [0.5, 0.6) is 0 Å². The van der Waals surface area contributed by atoms with E-state index in [1.165, 1.54) is 11.3 Å². The van der Waals surface area contributed by atoms with Crippen molar-refractivity contribution in [2.75, 3.05) is 13.1 Å². The fourth-order valence-corrected chi connectivity index (χ4v) is 3.34. The Labute approximate surface area is 171 Å². The van der Waals surface area contributed by atoms with Crippen LogP contribution in [0.15, 0.2) is 41.8 Å². The second-order valence-corrected chi connectivity index (χ2v) is 8.53. The summed E-state index contributed by atoms with van der Waals surface area (Å²) in [4.78, 5) is 31.1. The summed E-state index contributed by atoms with van der Waals surface area (Å²) in [6, 6.07) is 9.75. The topological polar surface area (TPSA) is 62.3 Å². The normalized spacial score (nSPS) is 11.4. The van der Waals surface area contributed by atoms with Gasteiger partial charge < -0.3 is 10.2 Å². The molecule has 1 N–H and O–H groups in total. The molecular formula is C22H29N3O2S. The number of benzene rings is 1. The zero-order valence-corrected chi connectivity index (χ0v) is 17.8. The highest BCUT2D eigenvalue weighted by Gasteiger charge is 2.17. The summed E-state index contributed by atoms with van der Waals surface area (Å²) in [5.74, 6) is 0.501. The number of carbonyl (C=O) groups is 2. The summed E-state index contributed by atoms with van der Waals surface area (Å²) in [7, 11) is 0. The smallest absolute Gasteiger partial charge is 0.270 e. The summed E-state index contributed by atoms with van der Waals surface area (Å²) in [5.41, 5.74) is 1.40. The standard InChI is InChI=1S/C22H29N3O2S/c1-16(2)12-23-22(27)19-15-28-20(24-19)14-25(13-17(3)4)21(26)11-10-18-8-6-5-7-9-18/h5-11,15-17H,12-14H2,1-4H3,(H,23,27). The minimum atomic E-state index is -0.165. The lowest BCUT2D eigenvalue weighted by molar-refractivity contribution is -0.127. The van der Waals surface area contributed by atoms with Crippen molar-refractivity contribution in [3.05, 3.63) is 58.1 Å². The zero-order valence-electron chi connectivity index (χ0n) is 17.0. The molecule has 0 radical (unpaired) electrons. The molecule has 2 aromatic rings. The van der Waals surface area contributed by atoms with E-state index in [1.807, 2.05) is 50.3 Å². The van der Waals surface area contributed by atoms with Gasteiger partial charge in [-0.1, -0.05) is 58.0 Å². The first-order valence-corrected chi connectivity index (χ1v) is 10.5. The molecule has 28 heavy (non-hydrogen) atoms. The zero-order chi connectivity index (χ0) is 20.5. The first kappa shape index (κ1) is 21.8. The second-order valence-electron chi connectivity index (χ2n) is 7.59. The quantitative estimate of drug-likeness (QED) is 0.642. The molecule has 0 saturated heterocycles. The Hall–Kier alpha value is -2.47. The molecule has 6 heteroatoms. The molecule has 2 amide bonds. The minimum Gasteiger partial charge on any atom is -0.350 e. The van der Waals surface area contributed by atoms with Gasteiger partial charge in [-0.15, -0.1) is 11.3 Å². The summed E-state index contributed by atoms with van der Waals surface area (Å²) in [6.07, 6.45) is 3.42. The number of nitrogens with one attached hydrogen (secondary N) is 1. The van der Waals surface area contributed by atoms with Gasteiger partial charge in [0.15, 0.2) is 0 Å². The summed E-state index contributed by atoms with van der Waals surface area (Å²) < 4.78 is 0. The van der Waals surface area contributed by atoms with Crippen molar-refractivity contribution in [1.29, 1.82) is 0 Å². The molecule has 1 aromatic carbocycles. The van der Waals surface area contributed by atoms with E-state index in [-0.39, 0.29) is 11.8 Å². The molecule has 150 valence electrons. The van der Waals surface area contributed by atoms with Gasteiger partial charge >= 0.3 is 0 Å². The summed E-state index contributed by atoms with van der Waals surface area (Å²) in [6.45, 7) is 9.90. The van der Waals surface area contributed by atoms with E-state index in [9.17, 15) is 9.59 Å². The number of nitrogens with zero attached hydrogens (tertiary/aromatic N) is 2. The lowest BCUT2D eigenvalue weighted by atomic mass is 10.2. The van der Waals surface area contributed by atoms with Gasteiger partial charge in [0.2, 0.25) is 5.91 Å². The monoisotopic (exact) mass is 399 g/mol. The third-order valence-corrected chi connectivity index (χ3v) is 4.73. The molecule has 1 aromatic heterocycles. The third kappa shape index (κ3) is 7.27. The number of hydrogen-bond donors (Lipinski definition) is 1. The number of hydrogen-bond acceptors (Lipinski definition) is 4. The van der Waals surface area contributed by atoms with Gasteiger partial charge in [-0.2, -0.15) is 0 Å². The van der Waals surface area contributed by atoms with Crippen molar-refractivity contribution in [3.8, 4) is 0 Å². The molecule has 0 saturated carbocycles. The van der Waals surface area contributed by atoms with Crippen LogP contribution in [0.4, 0.5) is 0 Å². The third-order valence-electron chi connectivity index (χ3n) is 3.90. The van der Waals surface area contributed by atoms with Crippen molar-refractivity contribution in [1.82, 2.24) is 15.2 Å². The number of amides is 2. The predicted molar refractivity (Wildman–Crippen MR) is 115 cm³/mol. The molecule has 1 heterocycles. The molecule has 2 rings (SSSR count). The highest BCUT2D eigenvalue weighted by Crippen LogP contribution is 2.15. The van der Waals surface area contributed by atoms with Crippen molar-refractivity contribution in [3.63, 3.8) is 0 Å². The average molecular weight is 400 g/mol. The van der Waals surface area contributed by atoms with E-state index in [1.54, 1.807) is 16.4 Å². The molecule has 0 aliphatic rings. The van der Waals surface area contributed by atoms with Gasteiger partial charge in [-0.05, 0) is 23.5 Å². The van der Waals surface area contributed by atoms with E-state index >= 15 is 0 Å². The lowest BCUT2D eigenvalue weighted by Gasteiger charge is -2.22. The number of thiazole rings is 1. The molecule has 0 atom stereocenters. The fourth-order valence-electron chi connectivity index (χ4n) is 2.55. The molecule has 0 aliphatic carbocycles. The molecule has 5 nitrogen and oxygen atoms in total. The number of aromatic nitrogens is 1. The van der Waals surface area contributed by atoms with E-state index < -0.39 is 0 Å². The van der Waals surface area contributed by atoms with Crippen LogP contribution in [0.3, 0.4) is 0 Å². The maximum atomic E-state index is 12.7. The first-order chi connectivity index (χ1) is 13.3. The molecular weight excluding hydrogens is 370 g/mol. The molecule has 0 aliphatic heterocycles. The Morgan fingerprint density at radius 3 is 2.50 bits per heavy atom. The van der Waals surface area contributed by atoms with Crippen molar-refractivity contribution >= 4 is 29.2 Å². The highest BCUT2D eigenvalue weighted by atomic mass is 32.1. The van der Waals surface area contributed by atoms with E-state index in [2.05, 4.69) is 24.1 Å². The minimum absolute atomic E-state index is 0.0569. The average Bonchev–Trinajstić information content (AvgIpc) is 3.12.